The van der Waals surface area contributed by atoms with Crippen LogP contribution in [0, 0.1) is 11.6 Å². The van der Waals surface area contributed by atoms with E-state index < -0.39 is 11.6 Å². The molecule has 5 heteroatoms. The zero-order valence-electron chi connectivity index (χ0n) is 9.55. The molecule has 1 aromatic carbocycles. The second-order valence-corrected chi connectivity index (χ2v) is 5.06. The maximum Gasteiger partial charge on any atom is 0.144 e. The van der Waals surface area contributed by atoms with E-state index in [1.807, 2.05) is 4.90 Å². The highest BCUT2D eigenvalue weighted by Gasteiger charge is 2.24. The van der Waals surface area contributed by atoms with Gasteiger partial charge in [0, 0.05) is 32.3 Å². The summed E-state index contributed by atoms with van der Waals surface area (Å²) in [5.41, 5.74) is 0.121. The maximum absolute atomic E-state index is 13.8. The molecule has 1 heterocycles. The fourth-order valence-electron chi connectivity index (χ4n) is 2.07. The van der Waals surface area contributed by atoms with Gasteiger partial charge in [0.1, 0.15) is 11.6 Å². The Bertz CT molecular complexity index is 414. The minimum Gasteiger partial charge on any atom is -0.380 e. The smallest absolute Gasteiger partial charge is 0.144 e. The van der Waals surface area contributed by atoms with Crippen LogP contribution < -0.4 is 0 Å². The Morgan fingerprint density at radius 1 is 1.47 bits per heavy atom. The second kappa shape index (κ2) is 5.42. The maximum atomic E-state index is 13.8. The van der Waals surface area contributed by atoms with E-state index in [1.165, 1.54) is 12.1 Å². The van der Waals surface area contributed by atoms with E-state index in [-0.39, 0.29) is 18.2 Å². The van der Waals surface area contributed by atoms with Gasteiger partial charge in [-0.1, -0.05) is 0 Å². The van der Waals surface area contributed by atoms with E-state index in [2.05, 4.69) is 15.9 Å². The molecule has 1 aliphatic heterocycles. The van der Waals surface area contributed by atoms with E-state index in [9.17, 15) is 8.78 Å². The molecule has 0 radical (unpaired) electrons. The Balaban J connectivity index is 2.11. The third-order valence-corrected chi connectivity index (χ3v) is 3.70. The monoisotopic (exact) mass is 305 g/mol. The van der Waals surface area contributed by atoms with Crippen LogP contribution >= 0.6 is 15.9 Å². The lowest BCUT2D eigenvalue weighted by Crippen LogP contribution is -2.23. The van der Waals surface area contributed by atoms with Crippen molar-refractivity contribution in [2.24, 2.45) is 0 Å². The number of ether oxygens (including phenoxy) is 1. The van der Waals surface area contributed by atoms with Crippen molar-refractivity contribution >= 4 is 15.9 Å². The minimum atomic E-state index is -0.508. The number of nitrogens with zero attached hydrogens (tertiary/aromatic N) is 1. The lowest BCUT2D eigenvalue weighted by Gasteiger charge is -2.16. The summed E-state index contributed by atoms with van der Waals surface area (Å²) in [4.78, 5) is 2.00. The van der Waals surface area contributed by atoms with Crippen molar-refractivity contribution in [2.75, 3.05) is 20.2 Å². The molecule has 0 spiro atoms. The normalized spacial score (nSPS) is 21.1. The summed E-state index contributed by atoms with van der Waals surface area (Å²) in [6.45, 7) is 1.82. The molecule has 94 valence electrons. The van der Waals surface area contributed by atoms with Gasteiger partial charge in [-0.05, 0) is 34.5 Å². The quantitative estimate of drug-likeness (QED) is 0.796. The van der Waals surface area contributed by atoms with Gasteiger partial charge < -0.3 is 4.74 Å². The molecule has 1 aliphatic rings. The first-order valence-corrected chi connectivity index (χ1v) is 6.28. The molecule has 0 saturated carbocycles. The Kier molecular flexibility index (Phi) is 4.12. The van der Waals surface area contributed by atoms with E-state index in [1.54, 1.807) is 7.11 Å². The summed E-state index contributed by atoms with van der Waals surface area (Å²) in [6.07, 6.45) is 1.08. The van der Waals surface area contributed by atoms with Crippen LogP contribution in [0.5, 0.6) is 0 Å². The molecule has 1 fully saturated rings. The first-order chi connectivity index (χ1) is 8.11. The Morgan fingerprint density at radius 2 is 2.24 bits per heavy atom. The standard InChI is InChI=1S/C12H14BrF2NO/c1-17-8-4-5-16(6-8)7-9-11(14)3-2-10(13)12(9)15/h2-3,8H,4-7H2,1H3. The van der Waals surface area contributed by atoms with Crippen molar-refractivity contribution in [2.45, 2.75) is 19.1 Å². The van der Waals surface area contributed by atoms with E-state index >= 15 is 0 Å². The van der Waals surface area contributed by atoms with Crippen LogP contribution in [0.25, 0.3) is 0 Å². The van der Waals surface area contributed by atoms with Crippen molar-refractivity contribution in [3.05, 3.63) is 33.8 Å². The number of hydrogen-bond acceptors (Lipinski definition) is 2. The van der Waals surface area contributed by atoms with E-state index in [0.29, 0.717) is 4.47 Å². The largest absolute Gasteiger partial charge is 0.380 e. The SMILES string of the molecule is COC1CCN(Cc2c(F)ccc(Br)c2F)C1. The second-order valence-electron chi connectivity index (χ2n) is 4.20. The average molecular weight is 306 g/mol. The number of benzene rings is 1. The predicted molar refractivity (Wildman–Crippen MR) is 64.7 cm³/mol. The fraction of sp³-hybridized carbons (Fsp3) is 0.500. The Morgan fingerprint density at radius 3 is 2.88 bits per heavy atom. The van der Waals surface area contributed by atoms with Gasteiger partial charge in [-0.3, -0.25) is 4.90 Å². The summed E-state index contributed by atoms with van der Waals surface area (Å²) in [7, 11) is 1.66. The molecule has 0 N–H and O–H groups in total. The van der Waals surface area contributed by atoms with Gasteiger partial charge in [0.15, 0.2) is 0 Å². The van der Waals surface area contributed by atoms with Crippen molar-refractivity contribution < 1.29 is 13.5 Å². The topological polar surface area (TPSA) is 12.5 Å². The number of halogens is 3. The molecule has 1 unspecified atom stereocenters. The lowest BCUT2D eigenvalue weighted by molar-refractivity contribution is 0.107. The van der Waals surface area contributed by atoms with E-state index in [4.69, 9.17) is 4.74 Å². The molecule has 2 nitrogen and oxygen atoms in total. The molecule has 0 bridgehead atoms. The summed E-state index contributed by atoms with van der Waals surface area (Å²) in [5, 5.41) is 0. The zero-order valence-corrected chi connectivity index (χ0v) is 11.1. The highest BCUT2D eigenvalue weighted by atomic mass is 79.9. The van der Waals surface area contributed by atoms with Gasteiger partial charge >= 0.3 is 0 Å². The lowest BCUT2D eigenvalue weighted by atomic mass is 10.2. The number of hydrogen-bond donors (Lipinski definition) is 0. The van der Waals surface area contributed by atoms with E-state index in [0.717, 1.165) is 19.5 Å². The van der Waals surface area contributed by atoms with Crippen LogP contribution in [0.2, 0.25) is 0 Å². The van der Waals surface area contributed by atoms with Crippen LogP contribution in [0.3, 0.4) is 0 Å². The third-order valence-electron chi connectivity index (χ3n) is 3.08. The van der Waals surface area contributed by atoms with Gasteiger partial charge in [0.05, 0.1) is 10.6 Å². The highest BCUT2D eigenvalue weighted by Crippen LogP contribution is 2.24. The summed E-state index contributed by atoms with van der Waals surface area (Å²) < 4.78 is 32.8. The van der Waals surface area contributed by atoms with Crippen molar-refractivity contribution in [3.8, 4) is 0 Å². The molecule has 0 aliphatic carbocycles. The molecular formula is C12H14BrF2NO. The number of likely N-dealkylation sites (tertiary alicyclic amines) is 1. The van der Waals surface area contributed by atoms with Crippen LogP contribution in [0.15, 0.2) is 16.6 Å². The molecule has 2 rings (SSSR count). The first-order valence-electron chi connectivity index (χ1n) is 5.49. The summed E-state index contributed by atoms with van der Waals surface area (Å²) in [6, 6.07) is 2.67. The van der Waals surface area contributed by atoms with Gasteiger partial charge in [-0.15, -0.1) is 0 Å². The average Bonchev–Trinajstić information content (AvgIpc) is 2.77. The van der Waals surface area contributed by atoms with Gasteiger partial charge in [-0.2, -0.15) is 0 Å². The summed E-state index contributed by atoms with van der Waals surface area (Å²) >= 11 is 3.07. The molecule has 1 atom stereocenters. The van der Waals surface area contributed by atoms with Gasteiger partial charge in [0.2, 0.25) is 0 Å². The predicted octanol–water partition coefficient (Wildman–Crippen LogP) is 2.95. The fourth-order valence-corrected chi connectivity index (χ4v) is 2.44. The molecule has 1 saturated heterocycles. The Hall–Kier alpha value is -0.520. The van der Waals surface area contributed by atoms with Crippen LogP contribution in [-0.4, -0.2) is 31.2 Å². The number of methoxy groups -OCH3 is 1. The Labute approximate surface area is 108 Å². The number of rotatable bonds is 3. The minimum absolute atomic E-state index is 0.121. The molecule has 1 aromatic rings. The third kappa shape index (κ3) is 2.84. The molecular weight excluding hydrogens is 292 g/mol. The van der Waals surface area contributed by atoms with Crippen molar-refractivity contribution in [3.63, 3.8) is 0 Å². The molecule has 0 aromatic heterocycles. The van der Waals surface area contributed by atoms with Crippen LogP contribution in [0.4, 0.5) is 8.78 Å². The van der Waals surface area contributed by atoms with Crippen LogP contribution in [-0.2, 0) is 11.3 Å². The first kappa shape index (κ1) is 12.9. The zero-order chi connectivity index (χ0) is 12.4. The van der Waals surface area contributed by atoms with Crippen molar-refractivity contribution in [1.29, 1.82) is 0 Å². The summed E-state index contributed by atoms with van der Waals surface area (Å²) in [5.74, 6) is -1.00. The van der Waals surface area contributed by atoms with Crippen LogP contribution in [0.1, 0.15) is 12.0 Å². The highest BCUT2D eigenvalue weighted by molar-refractivity contribution is 9.10. The van der Waals surface area contributed by atoms with Gasteiger partial charge in [-0.25, -0.2) is 8.78 Å². The molecule has 0 amide bonds. The van der Waals surface area contributed by atoms with Gasteiger partial charge in [0.25, 0.3) is 0 Å². The van der Waals surface area contributed by atoms with Crippen molar-refractivity contribution in [1.82, 2.24) is 4.90 Å². The molecule has 17 heavy (non-hydrogen) atoms.